The van der Waals surface area contributed by atoms with Gasteiger partial charge in [-0.15, -0.1) is 0 Å². The van der Waals surface area contributed by atoms with Crippen LogP contribution in [0.1, 0.15) is 12.5 Å². The largest absolute Gasteiger partial charge is 0.355 e. The van der Waals surface area contributed by atoms with Gasteiger partial charge in [-0.2, -0.15) is 0 Å². The summed E-state index contributed by atoms with van der Waals surface area (Å²) in [5, 5.41) is 0.731. The zero-order valence-electron chi connectivity index (χ0n) is 12.1. The number of hydrogen-bond donors (Lipinski definition) is 0. The van der Waals surface area contributed by atoms with E-state index in [4.69, 9.17) is 0 Å². The number of benzene rings is 1. The summed E-state index contributed by atoms with van der Waals surface area (Å²) in [6.45, 7) is 3.77. The first kappa shape index (κ1) is 13.5. The molecule has 0 aliphatic heterocycles. The van der Waals surface area contributed by atoms with Gasteiger partial charge in [0.25, 0.3) is 0 Å². The van der Waals surface area contributed by atoms with Gasteiger partial charge in [-0.25, -0.2) is 14.4 Å². The lowest BCUT2D eigenvalue weighted by Crippen LogP contribution is -2.18. The minimum atomic E-state index is -0.318. The number of para-hydroxylation sites is 1. The van der Waals surface area contributed by atoms with E-state index >= 15 is 0 Å². The highest BCUT2D eigenvalue weighted by atomic mass is 19.1. The normalized spacial score (nSPS) is 11.0. The predicted octanol–water partition coefficient (Wildman–Crippen LogP) is 3.23. The van der Waals surface area contributed by atoms with E-state index in [-0.39, 0.29) is 5.82 Å². The van der Waals surface area contributed by atoms with Crippen molar-refractivity contribution in [3.05, 3.63) is 54.4 Å². The molecule has 4 nitrogen and oxygen atoms in total. The van der Waals surface area contributed by atoms with Crippen LogP contribution in [0.5, 0.6) is 0 Å². The first-order chi connectivity index (χ1) is 10.2. The minimum absolute atomic E-state index is 0.318. The molecular weight excluding hydrogens is 267 g/mol. The molecule has 0 spiro atoms. The van der Waals surface area contributed by atoms with Crippen LogP contribution in [-0.4, -0.2) is 21.6 Å². The number of halogens is 1. The Kier molecular flexibility index (Phi) is 3.56. The van der Waals surface area contributed by atoms with Crippen LogP contribution < -0.4 is 4.90 Å². The number of anilines is 1. The Labute approximate surface area is 122 Å². The van der Waals surface area contributed by atoms with Crippen LogP contribution in [-0.2, 0) is 13.1 Å². The Morgan fingerprint density at radius 2 is 2.10 bits per heavy atom. The van der Waals surface area contributed by atoms with Gasteiger partial charge >= 0.3 is 0 Å². The third kappa shape index (κ3) is 2.59. The van der Waals surface area contributed by atoms with Crippen molar-refractivity contribution < 1.29 is 4.39 Å². The standard InChI is InChI=1S/C16H17FN4/c1-3-21-8-7-12(10-21)9-20(2)16-13-5-4-6-14(17)15(13)18-11-19-16/h4-8,10-11H,3,9H2,1-2H3. The van der Waals surface area contributed by atoms with Gasteiger partial charge in [-0.1, -0.05) is 6.07 Å². The lowest BCUT2D eigenvalue weighted by Gasteiger charge is -2.19. The quantitative estimate of drug-likeness (QED) is 0.737. The second-order valence-electron chi connectivity index (χ2n) is 5.04. The van der Waals surface area contributed by atoms with Crippen molar-refractivity contribution in [2.45, 2.75) is 20.0 Å². The maximum atomic E-state index is 13.8. The summed E-state index contributed by atoms with van der Waals surface area (Å²) in [6.07, 6.45) is 5.58. The highest BCUT2D eigenvalue weighted by Gasteiger charge is 2.11. The van der Waals surface area contributed by atoms with Gasteiger partial charge in [0, 0.05) is 37.9 Å². The molecule has 0 aliphatic rings. The summed E-state index contributed by atoms with van der Waals surface area (Å²) in [5.41, 5.74) is 1.56. The molecule has 1 aromatic carbocycles. The van der Waals surface area contributed by atoms with Crippen LogP contribution in [0.4, 0.5) is 10.2 Å². The summed E-state index contributed by atoms with van der Waals surface area (Å²) < 4.78 is 15.9. The van der Waals surface area contributed by atoms with E-state index in [1.165, 1.54) is 18.0 Å². The molecule has 0 N–H and O–H groups in total. The average molecular weight is 284 g/mol. The third-order valence-electron chi connectivity index (χ3n) is 3.55. The van der Waals surface area contributed by atoms with Gasteiger partial charge in [-0.05, 0) is 30.7 Å². The maximum absolute atomic E-state index is 13.8. The fourth-order valence-electron chi connectivity index (χ4n) is 2.47. The summed E-state index contributed by atoms with van der Waals surface area (Å²) in [7, 11) is 1.95. The predicted molar refractivity (Wildman–Crippen MR) is 81.7 cm³/mol. The Hall–Kier alpha value is -2.43. The molecule has 2 heterocycles. The van der Waals surface area contributed by atoms with E-state index < -0.39 is 0 Å². The van der Waals surface area contributed by atoms with Crippen LogP contribution in [0.25, 0.3) is 10.9 Å². The molecule has 2 aromatic heterocycles. The Balaban J connectivity index is 1.94. The molecule has 3 rings (SSSR count). The molecule has 0 atom stereocenters. The second kappa shape index (κ2) is 5.52. The second-order valence-corrected chi connectivity index (χ2v) is 5.04. The van der Waals surface area contributed by atoms with E-state index in [0.29, 0.717) is 5.52 Å². The molecule has 0 fully saturated rings. The first-order valence-corrected chi connectivity index (χ1v) is 6.94. The molecule has 0 saturated heterocycles. The molecule has 21 heavy (non-hydrogen) atoms. The van der Waals surface area contributed by atoms with E-state index in [1.54, 1.807) is 6.07 Å². The SMILES string of the molecule is CCn1ccc(CN(C)c2ncnc3c(F)cccc23)c1. The van der Waals surface area contributed by atoms with E-state index in [9.17, 15) is 4.39 Å². The van der Waals surface area contributed by atoms with E-state index in [2.05, 4.69) is 39.9 Å². The van der Waals surface area contributed by atoms with Gasteiger partial charge in [0.1, 0.15) is 23.5 Å². The number of nitrogens with zero attached hydrogens (tertiary/aromatic N) is 4. The zero-order chi connectivity index (χ0) is 14.8. The Morgan fingerprint density at radius 1 is 1.24 bits per heavy atom. The highest BCUT2D eigenvalue weighted by molar-refractivity contribution is 5.89. The van der Waals surface area contributed by atoms with Crippen molar-refractivity contribution in [2.75, 3.05) is 11.9 Å². The lowest BCUT2D eigenvalue weighted by molar-refractivity contribution is 0.636. The van der Waals surface area contributed by atoms with Gasteiger partial charge in [-0.3, -0.25) is 0 Å². The molecule has 0 amide bonds. The number of aryl methyl sites for hydroxylation is 1. The van der Waals surface area contributed by atoms with Crippen molar-refractivity contribution in [1.82, 2.24) is 14.5 Å². The van der Waals surface area contributed by atoms with Crippen molar-refractivity contribution in [1.29, 1.82) is 0 Å². The summed E-state index contributed by atoms with van der Waals surface area (Å²) in [5.74, 6) is 0.422. The molecule has 0 bridgehead atoms. The van der Waals surface area contributed by atoms with E-state index in [0.717, 1.165) is 24.3 Å². The molecule has 0 aliphatic carbocycles. The fraction of sp³-hybridized carbons (Fsp3) is 0.250. The molecule has 0 unspecified atom stereocenters. The van der Waals surface area contributed by atoms with Crippen LogP contribution in [0, 0.1) is 5.82 Å². The van der Waals surface area contributed by atoms with E-state index in [1.807, 2.05) is 18.0 Å². The summed E-state index contributed by atoms with van der Waals surface area (Å²) in [6, 6.07) is 7.04. The molecule has 0 radical (unpaired) electrons. The fourth-order valence-corrected chi connectivity index (χ4v) is 2.47. The van der Waals surface area contributed by atoms with Crippen molar-refractivity contribution in [3.8, 4) is 0 Å². The average Bonchev–Trinajstić information content (AvgIpc) is 2.95. The molecule has 5 heteroatoms. The number of aromatic nitrogens is 3. The maximum Gasteiger partial charge on any atom is 0.149 e. The summed E-state index contributed by atoms with van der Waals surface area (Å²) in [4.78, 5) is 10.4. The molecule has 108 valence electrons. The van der Waals surface area contributed by atoms with Crippen molar-refractivity contribution in [2.24, 2.45) is 0 Å². The van der Waals surface area contributed by atoms with Crippen LogP contribution >= 0.6 is 0 Å². The molecular formula is C16H17FN4. The topological polar surface area (TPSA) is 34.0 Å². The molecule has 0 saturated carbocycles. The number of fused-ring (bicyclic) bond motifs is 1. The van der Waals surface area contributed by atoms with Gasteiger partial charge in [0.2, 0.25) is 0 Å². The van der Waals surface area contributed by atoms with Crippen molar-refractivity contribution >= 4 is 16.7 Å². The van der Waals surface area contributed by atoms with Crippen LogP contribution in [0.15, 0.2) is 43.0 Å². The Morgan fingerprint density at radius 3 is 2.86 bits per heavy atom. The third-order valence-corrected chi connectivity index (χ3v) is 3.55. The van der Waals surface area contributed by atoms with Crippen LogP contribution in [0.2, 0.25) is 0 Å². The smallest absolute Gasteiger partial charge is 0.149 e. The highest BCUT2D eigenvalue weighted by Crippen LogP contribution is 2.24. The Bertz CT molecular complexity index is 766. The first-order valence-electron chi connectivity index (χ1n) is 6.94. The lowest BCUT2D eigenvalue weighted by atomic mass is 10.2. The monoisotopic (exact) mass is 284 g/mol. The number of rotatable bonds is 4. The summed E-state index contributed by atoms with van der Waals surface area (Å²) >= 11 is 0. The van der Waals surface area contributed by atoms with Gasteiger partial charge in [0.05, 0.1) is 0 Å². The van der Waals surface area contributed by atoms with Crippen molar-refractivity contribution in [3.63, 3.8) is 0 Å². The zero-order valence-corrected chi connectivity index (χ0v) is 12.1. The molecule has 3 aromatic rings. The number of hydrogen-bond acceptors (Lipinski definition) is 3. The van der Waals surface area contributed by atoms with Gasteiger partial charge in [0.15, 0.2) is 0 Å². The van der Waals surface area contributed by atoms with Crippen LogP contribution in [0.3, 0.4) is 0 Å². The minimum Gasteiger partial charge on any atom is -0.355 e. The van der Waals surface area contributed by atoms with Gasteiger partial charge < -0.3 is 9.47 Å².